The van der Waals surface area contributed by atoms with Crippen LogP contribution in [0.2, 0.25) is 5.02 Å². The fourth-order valence-electron chi connectivity index (χ4n) is 2.39. The predicted molar refractivity (Wildman–Crippen MR) is 112 cm³/mol. The summed E-state index contributed by atoms with van der Waals surface area (Å²) in [6, 6.07) is 7.04. The lowest BCUT2D eigenvalue weighted by Gasteiger charge is -2.54. The second-order valence-electron chi connectivity index (χ2n) is 5.06. The van der Waals surface area contributed by atoms with E-state index in [4.69, 9.17) is 116 Å². The minimum atomic E-state index is -1.96. The maximum atomic E-state index is 6.25. The zero-order valence-corrected chi connectivity index (χ0v) is 19.5. The summed E-state index contributed by atoms with van der Waals surface area (Å²) in [5, 5.41) is 0.461. The van der Waals surface area contributed by atoms with E-state index in [9.17, 15) is 0 Å². The third-order valence-electron chi connectivity index (χ3n) is 3.37. The topological polar surface area (TPSA) is 9.72 Å². The highest BCUT2D eigenvalue weighted by Gasteiger charge is 2.56. The number of hydrogen-bond donors (Lipinski definition) is 0. The minimum absolute atomic E-state index is 0.0516. The van der Waals surface area contributed by atoms with E-state index < -0.39 is 17.8 Å². The Balaban J connectivity index is 2.53. The van der Waals surface area contributed by atoms with E-state index in [0.717, 1.165) is 0 Å². The fourth-order valence-corrected chi connectivity index (χ4v) is 4.22. The third-order valence-corrected chi connectivity index (χ3v) is 5.58. The number of halogens is 10. The van der Waals surface area contributed by atoms with Gasteiger partial charge in [-0.05, 0) is 12.1 Å². The Bertz CT molecular complexity index is 584. The molecule has 0 N–H and O–H groups in total. The highest BCUT2D eigenvalue weighted by Crippen LogP contribution is 2.49. The first-order valence-electron chi connectivity index (χ1n) is 6.46. The average molecular weight is 550 g/mol. The Labute approximate surface area is 195 Å². The fraction of sp³-hybridized carbons (Fsp3) is 0.500. The van der Waals surface area contributed by atoms with Gasteiger partial charge >= 0.3 is 0 Å². The molecule has 3 nitrogen and oxygen atoms in total. The molecule has 0 aliphatic carbocycles. The van der Waals surface area contributed by atoms with Crippen LogP contribution in [0.4, 0.5) is 5.69 Å². The molecule has 1 aromatic carbocycles. The average Bonchev–Trinajstić information content (AvgIpc) is 2.43. The van der Waals surface area contributed by atoms with Crippen LogP contribution in [-0.4, -0.2) is 40.9 Å². The summed E-state index contributed by atoms with van der Waals surface area (Å²) < 4.78 is -5.86. The van der Waals surface area contributed by atoms with Crippen LogP contribution >= 0.6 is 116 Å². The molecule has 0 spiro atoms. The Kier molecular flexibility index (Phi) is 7.67. The molecule has 0 aromatic heterocycles. The molecule has 1 aliphatic rings. The molecule has 142 valence electrons. The molecular weight excluding hydrogens is 541 g/mol. The minimum Gasteiger partial charge on any atom is -0.344 e. The van der Waals surface area contributed by atoms with Crippen LogP contribution in [0.15, 0.2) is 24.3 Å². The van der Waals surface area contributed by atoms with Gasteiger partial charge in [0.25, 0.3) is 7.83 Å². The van der Waals surface area contributed by atoms with Crippen LogP contribution in [0.3, 0.4) is 0 Å². The zero-order valence-electron chi connectivity index (χ0n) is 11.9. The van der Waals surface area contributed by atoms with Crippen molar-refractivity contribution in [3.05, 3.63) is 29.3 Å². The van der Waals surface area contributed by atoms with Gasteiger partial charge in [-0.1, -0.05) is 128 Å². The van der Waals surface area contributed by atoms with E-state index in [1.807, 2.05) is 0 Å². The van der Waals surface area contributed by atoms with E-state index in [1.165, 1.54) is 9.80 Å². The normalized spacial score (nSPS) is 19.5. The first kappa shape index (κ1) is 23.1. The van der Waals surface area contributed by atoms with Crippen LogP contribution in [0, 0.1) is 0 Å². The van der Waals surface area contributed by atoms with Crippen molar-refractivity contribution in [2.45, 2.75) is 17.8 Å². The number of para-hydroxylation sites is 1. The SMILES string of the molecule is Clc1ccccc1N1CN(C(Cl)(Cl)Cl)C(C(Cl)(Cl)Cl)N(C(Cl)(Cl)Cl)C1. The van der Waals surface area contributed by atoms with Gasteiger partial charge in [0.2, 0.25) is 3.79 Å². The van der Waals surface area contributed by atoms with E-state index in [-0.39, 0.29) is 13.3 Å². The molecule has 0 unspecified atom stereocenters. The summed E-state index contributed by atoms with van der Waals surface area (Å²) in [5.74, 6) is 0. The lowest BCUT2D eigenvalue weighted by molar-refractivity contribution is 0.00269. The van der Waals surface area contributed by atoms with Crippen molar-refractivity contribution in [2.75, 3.05) is 18.2 Å². The van der Waals surface area contributed by atoms with Crippen LogP contribution in [0.25, 0.3) is 0 Å². The molecule has 0 radical (unpaired) electrons. The van der Waals surface area contributed by atoms with Gasteiger partial charge in [-0.3, -0.25) is 0 Å². The maximum absolute atomic E-state index is 6.25. The van der Waals surface area contributed by atoms with Gasteiger partial charge in [-0.2, -0.15) is 0 Å². The van der Waals surface area contributed by atoms with Crippen molar-refractivity contribution in [2.24, 2.45) is 0 Å². The van der Waals surface area contributed by atoms with Gasteiger partial charge < -0.3 is 4.90 Å². The highest BCUT2D eigenvalue weighted by atomic mass is 35.6. The number of hydrogen-bond acceptors (Lipinski definition) is 3. The number of rotatable bonds is 1. The second kappa shape index (κ2) is 8.30. The van der Waals surface area contributed by atoms with Crippen LogP contribution in [0.5, 0.6) is 0 Å². The summed E-state index contributed by atoms with van der Waals surface area (Å²) >= 11 is 61.0. The molecular formula is C12H9Cl10N3. The Morgan fingerprint density at radius 3 is 1.56 bits per heavy atom. The molecule has 0 bridgehead atoms. The van der Waals surface area contributed by atoms with Gasteiger partial charge in [0, 0.05) is 0 Å². The van der Waals surface area contributed by atoms with E-state index >= 15 is 0 Å². The van der Waals surface area contributed by atoms with Crippen molar-refractivity contribution in [1.82, 2.24) is 9.80 Å². The van der Waals surface area contributed by atoms with Crippen LogP contribution < -0.4 is 4.90 Å². The molecule has 0 amide bonds. The van der Waals surface area contributed by atoms with Gasteiger partial charge in [-0.15, -0.1) is 0 Å². The van der Waals surface area contributed by atoms with Crippen LogP contribution in [-0.2, 0) is 0 Å². The summed E-state index contributed by atoms with van der Waals surface area (Å²) in [7, 11) is 0. The first-order chi connectivity index (χ1) is 11.2. The lowest BCUT2D eigenvalue weighted by Crippen LogP contribution is -2.70. The molecule has 2 rings (SSSR count). The summed E-state index contributed by atoms with van der Waals surface area (Å²) in [4.78, 5) is 4.25. The van der Waals surface area contributed by atoms with E-state index in [0.29, 0.717) is 10.7 Å². The Morgan fingerprint density at radius 1 is 0.760 bits per heavy atom. The molecule has 1 fully saturated rings. The van der Waals surface area contributed by atoms with Gasteiger partial charge in [0.15, 0.2) is 0 Å². The van der Waals surface area contributed by atoms with Crippen molar-refractivity contribution in [3.63, 3.8) is 0 Å². The number of nitrogens with zero attached hydrogens (tertiary/aromatic N) is 3. The lowest BCUT2D eigenvalue weighted by atomic mass is 10.2. The standard InChI is InChI=1S/C12H9Cl10N3/c13-7-3-1-2-4-8(7)23-5-24(11(17,18)19)9(10(14,15)16)25(6-23)12(20,21)22/h1-4,9H,5-6H2. The van der Waals surface area contributed by atoms with Crippen molar-refractivity contribution < 1.29 is 0 Å². The Hall–Kier alpha value is 1.84. The van der Waals surface area contributed by atoms with Crippen molar-refractivity contribution in [3.8, 4) is 0 Å². The molecule has 1 aromatic rings. The molecule has 1 heterocycles. The molecule has 0 saturated carbocycles. The molecule has 1 aliphatic heterocycles. The maximum Gasteiger partial charge on any atom is 0.250 e. The number of alkyl halides is 9. The smallest absolute Gasteiger partial charge is 0.250 e. The molecule has 13 heteroatoms. The number of anilines is 1. The quantitative estimate of drug-likeness (QED) is 0.275. The van der Waals surface area contributed by atoms with Crippen molar-refractivity contribution in [1.29, 1.82) is 0 Å². The van der Waals surface area contributed by atoms with Crippen molar-refractivity contribution >= 4 is 122 Å². The number of benzene rings is 1. The van der Waals surface area contributed by atoms with Gasteiger partial charge in [0.05, 0.1) is 24.0 Å². The molecule has 0 atom stereocenters. The molecule has 25 heavy (non-hydrogen) atoms. The zero-order chi connectivity index (χ0) is 19.2. The predicted octanol–water partition coefficient (Wildman–Crippen LogP) is 7.03. The second-order valence-corrected chi connectivity index (χ2v) is 12.3. The highest BCUT2D eigenvalue weighted by molar-refractivity contribution is 6.70. The molecule has 1 saturated heterocycles. The summed E-state index contributed by atoms with van der Waals surface area (Å²) in [6.45, 7) is 0.103. The van der Waals surface area contributed by atoms with Gasteiger partial charge in [0.1, 0.15) is 6.17 Å². The van der Waals surface area contributed by atoms with Crippen LogP contribution in [0.1, 0.15) is 0 Å². The third kappa shape index (κ3) is 5.68. The largest absolute Gasteiger partial charge is 0.344 e. The van der Waals surface area contributed by atoms with E-state index in [2.05, 4.69) is 0 Å². The van der Waals surface area contributed by atoms with E-state index in [1.54, 1.807) is 29.2 Å². The van der Waals surface area contributed by atoms with Gasteiger partial charge in [-0.25, -0.2) is 9.80 Å². The first-order valence-corrected chi connectivity index (χ1v) is 10.2. The summed E-state index contributed by atoms with van der Waals surface area (Å²) in [6.07, 6.45) is -1.14. The monoisotopic (exact) mass is 545 g/mol. The summed E-state index contributed by atoms with van der Waals surface area (Å²) in [5.41, 5.74) is 0.630. The Morgan fingerprint density at radius 2 is 1.20 bits per heavy atom.